The number of rotatable bonds is 4. The number of aryl methyl sites for hydroxylation is 1. The van der Waals surface area contributed by atoms with Crippen LogP contribution in [-0.2, 0) is 7.05 Å². The maximum Gasteiger partial charge on any atom is 0.0483 e. The molecule has 2 rings (SSSR count). The Labute approximate surface area is 102 Å². The number of aliphatic hydroxyl groups excluding tert-OH is 1. The van der Waals surface area contributed by atoms with Crippen molar-refractivity contribution in [3.05, 3.63) is 35.5 Å². The fourth-order valence-corrected chi connectivity index (χ4v) is 2.47. The molecule has 92 valence electrons. The van der Waals surface area contributed by atoms with Crippen LogP contribution in [0.5, 0.6) is 0 Å². The Morgan fingerprint density at radius 1 is 1.35 bits per heavy atom. The van der Waals surface area contributed by atoms with E-state index in [1.54, 1.807) is 0 Å². The number of fused-ring (bicyclic) bond motifs is 1. The molecule has 0 fully saturated rings. The maximum atomic E-state index is 8.89. The van der Waals surface area contributed by atoms with Crippen LogP contribution in [0.2, 0.25) is 0 Å². The maximum absolute atomic E-state index is 8.89. The predicted molar refractivity (Wildman–Crippen MR) is 70.9 cm³/mol. The number of para-hydroxylation sites is 1. The quantitative estimate of drug-likeness (QED) is 0.849. The summed E-state index contributed by atoms with van der Waals surface area (Å²) in [5.41, 5.74) is 9.90. The number of nitrogens with two attached hydrogens (primary N) is 1. The lowest BCUT2D eigenvalue weighted by molar-refractivity contribution is 0.280. The summed E-state index contributed by atoms with van der Waals surface area (Å²) in [5, 5.41) is 10.1. The van der Waals surface area contributed by atoms with Crippen molar-refractivity contribution >= 4 is 10.9 Å². The Hall–Kier alpha value is -1.32. The van der Waals surface area contributed by atoms with Gasteiger partial charge in [-0.2, -0.15) is 0 Å². The zero-order valence-corrected chi connectivity index (χ0v) is 10.5. The SMILES string of the molecule is Cc1c(C(N)CCCO)c2ccccc2n1C. The highest BCUT2D eigenvalue weighted by Crippen LogP contribution is 2.30. The lowest BCUT2D eigenvalue weighted by atomic mass is 10.00. The molecule has 3 N–H and O–H groups in total. The smallest absolute Gasteiger partial charge is 0.0483 e. The molecular formula is C14H20N2O. The van der Waals surface area contributed by atoms with Crippen LogP contribution >= 0.6 is 0 Å². The molecule has 1 heterocycles. The highest BCUT2D eigenvalue weighted by Gasteiger charge is 2.16. The van der Waals surface area contributed by atoms with Crippen LogP contribution in [0.4, 0.5) is 0 Å². The van der Waals surface area contributed by atoms with Crippen LogP contribution in [0.3, 0.4) is 0 Å². The lowest BCUT2D eigenvalue weighted by Gasteiger charge is -2.12. The fourth-order valence-electron chi connectivity index (χ4n) is 2.47. The number of aliphatic hydroxyl groups is 1. The van der Waals surface area contributed by atoms with E-state index in [2.05, 4.69) is 30.7 Å². The van der Waals surface area contributed by atoms with E-state index in [1.807, 2.05) is 12.1 Å². The van der Waals surface area contributed by atoms with E-state index in [0.29, 0.717) is 0 Å². The molecule has 0 saturated heterocycles. The summed E-state index contributed by atoms with van der Waals surface area (Å²) in [5.74, 6) is 0. The third kappa shape index (κ3) is 2.08. The Kier molecular flexibility index (Phi) is 3.50. The van der Waals surface area contributed by atoms with Crippen LogP contribution in [0, 0.1) is 6.92 Å². The second kappa shape index (κ2) is 4.90. The molecule has 0 bridgehead atoms. The summed E-state index contributed by atoms with van der Waals surface area (Å²) in [7, 11) is 2.07. The molecule has 0 spiro atoms. The van der Waals surface area contributed by atoms with Gasteiger partial charge in [0.15, 0.2) is 0 Å². The second-order valence-electron chi connectivity index (χ2n) is 4.55. The predicted octanol–water partition coefficient (Wildman–Crippen LogP) is 2.26. The molecule has 0 saturated carbocycles. The summed E-state index contributed by atoms with van der Waals surface area (Å²) in [6.07, 6.45) is 1.58. The zero-order chi connectivity index (χ0) is 12.4. The Balaban J connectivity index is 2.49. The van der Waals surface area contributed by atoms with Gasteiger partial charge in [0.05, 0.1) is 0 Å². The molecule has 0 radical (unpaired) electrons. The fraction of sp³-hybridized carbons (Fsp3) is 0.429. The van der Waals surface area contributed by atoms with E-state index in [-0.39, 0.29) is 12.6 Å². The number of nitrogens with zero attached hydrogens (tertiary/aromatic N) is 1. The van der Waals surface area contributed by atoms with Crippen LogP contribution in [0.1, 0.15) is 30.1 Å². The molecular weight excluding hydrogens is 212 g/mol. The molecule has 1 atom stereocenters. The molecule has 1 aromatic carbocycles. The molecule has 0 amide bonds. The minimum atomic E-state index is 0.00764. The monoisotopic (exact) mass is 232 g/mol. The van der Waals surface area contributed by atoms with Gasteiger partial charge in [-0.1, -0.05) is 18.2 Å². The summed E-state index contributed by atoms with van der Waals surface area (Å²) < 4.78 is 2.18. The van der Waals surface area contributed by atoms with Gasteiger partial charge in [0.1, 0.15) is 0 Å². The average Bonchev–Trinajstić information content (AvgIpc) is 2.60. The molecule has 2 aromatic rings. The standard InChI is InChI=1S/C14H20N2O/c1-10-14(12(15)7-5-9-17)11-6-3-4-8-13(11)16(10)2/h3-4,6,8,12,17H,5,7,9,15H2,1-2H3. The van der Waals surface area contributed by atoms with Gasteiger partial charge in [0, 0.05) is 36.3 Å². The van der Waals surface area contributed by atoms with Gasteiger partial charge in [-0.05, 0) is 31.4 Å². The second-order valence-corrected chi connectivity index (χ2v) is 4.55. The number of hydrogen-bond donors (Lipinski definition) is 2. The van der Waals surface area contributed by atoms with Crippen LogP contribution in [-0.4, -0.2) is 16.3 Å². The van der Waals surface area contributed by atoms with Crippen molar-refractivity contribution in [1.82, 2.24) is 4.57 Å². The largest absolute Gasteiger partial charge is 0.396 e. The Bertz CT molecular complexity index is 516. The van der Waals surface area contributed by atoms with Crippen molar-refractivity contribution in [2.75, 3.05) is 6.61 Å². The molecule has 1 unspecified atom stereocenters. The number of benzene rings is 1. The van der Waals surface area contributed by atoms with Gasteiger partial charge in [-0.15, -0.1) is 0 Å². The van der Waals surface area contributed by atoms with E-state index in [1.165, 1.54) is 22.2 Å². The van der Waals surface area contributed by atoms with Crippen LogP contribution in [0.15, 0.2) is 24.3 Å². The first kappa shape index (κ1) is 12.1. The first-order chi connectivity index (χ1) is 8.16. The van der Waals surface area contributed by atoms with Crippen molar-refractivity contribution in [3.63, 3.8) is 0 Å². The highest BCUT2D eigenvalue weighted by molar-refractivity contribution is 5.85. The summed E-state index contributed by atoms with van der Waals surface area (Å²) in [6, 6.07) is 8.34. The molecule has 0 aliphatic rings. The van der Waals surface area contributed by atoms with Gasteiger partial charge < -0.3 is 15.4 Å². The van der Waals surface area contributed by atoms with Gasteiger partial charge in [-0.25, -0.2) is 0 Å². The van der Waals surface area contributed by atoms with Crippen molar-refractivity contribution in [2.24, 2.45) is 12.8 Å². The van der Waals surface area contributed by atoms with Gasteiger partial charge in [0.2, 0.25) is 0 Å². The van der Waals surface area contributed by atoms with E-state index in [4.69, 9.17) is 10.8 Å². The van der Waals surface area contributed by atoms with Gasteiger partial charge >= 0.3 is 0 Å². The normalized spacial score (nSPS) is 13.2. The first-order valence-corrected chi connectivity index (χ1v) is 6.07. The molecule has 17 heavy (non-hydrogen) atoms. The lowest BCUT2D eigenvalue weighted by Crippen LogP contribution is -2.12. The Morgan fingerprint density at radius 3 is 2.76 bits per heavy atom. The minimum Gasteiger partial charge on any atom is -0.396 e. The number of aromatic nitrogens is 1. The van der Waals surface area contributed by atoms with Crippen molar-refractivity contribution in [3.8, 4) is 0 Å². The number of hydrogen-bond acceptors (Lipinski definition) is 2. The van der Waals surface area contributed by atoms with Crippen LogP contribution < -0.4 is 5.73 Å². The first-order valence-electron chi connectivity index (χ1n) is 6.07. The van der Waals surface area contributed by atoms with E-state index < -0.39 is 0 Å². The van der Waals surface area contributed by atoms with Gasteiger partial charge in [0.25, 0.3) is 0 Å². The van der Waals surface area contributed by atoms with E-state index >= 15 is 0 Å². The molecule has 3 heteroatoms. The minimum absolute atomic E-state index is 0.00764. The Morgan fingerprint density at radius 2 is 2.06 bits per heavy atom. The molecule has 3 nitrogen and oxygen atoms in total. The third-order valence-electron chi connectivity index (χ3n) is 3.49. The molecule has 0 aliphatic heterocycles. The summed E-state index contributed by atoms with van der Waals surface area (Å²) >= 11 is 0. The van der Waals surface area contributed by atoms with Gasteiger partial charge in [-0.3, -0.25) is 0 Å². The van der Waals surface area contributed by atoms with Crippen molar-refractivity contribution < 1.29 is 5.11 Å². The van der Waals surface area contributed by atoms with Crippen molar-refractivity contribution in [2.45, 2.75) is 25.8 Å². The molecule has 0 aliphatic carbocycles. The summed E-state index contributed by atoms with van der Waals surface area (Å²) in [6.45, 7) is 2.31. The topological polar surface area (TPSA) is 51.2 Å². The average molecular weight is 232 g/mol. The third-order valence-corrected chi connectivity index (χ3v) is 3.49. The van der Waals surface area contributed by atoms with Crippen LogP contribution in [0.25, 0.3) is 10.9 Å². The summed E-state index contributed by atoms with van der Waals surface area (Å²) in [4.78, 5) is 0. The highest BCUT2D eigenvalue weighted by atomic mass is 16.2. The van der Waals surface area contributed by atoms with E-state index in [0.717, 1.165) is 12.8 Å². The molecule has 1 aromatic heterocycles. The van der Waals surface area contributed by atoms with E-state index in [9.17, 15) is 0 Å². The zero-order valence-electron chi connectivity index (χ0n) is 10.5. The van der Waals surface area contributed by atoms with Crippen molar-refractivity contribution in [1.29, 1.82) is 0 Å².